The van der Waals surface area contributed by atoms with Crippen molar-refractivity contribution in [3.05, 3.63) is 95.1 Å². The molecule has 1 aromatic heterocycles. The Morgan fingerprint density at radius 2 is 1.74 bits per heavy atom. The number of carbonyl (C=O) groups is 1. The largest absolute Gasteiger partial charge is 0.348 e. The number of hydrogen-bond donors (Lipinski definition) is 1. The summed E-state index contributed by atoms with van der Waals surface area (Å²) in [6, 6.07) is 20.7. The highest BCUT2D eigenvalue weighted by Gasteiger charge is 2.29. The van der Waals surface area contributed by atoms with Gasteiger partial charge in [0, 0.05) is 19.3 Å². The zero-order valence-corrected chi connectivity index (χ0v) is 18.1. The van der Waals surface area contributed by atoms with E-state index >= 15 is 0 Å². The Hall–Kier alpha value is -3.05. The first-order valence-corrected chi connectivity index (χ1v) is 11.1. The zero-order chi connectivity index (χ0) is 21.5. The summed E-state index contributed by atoms with van der Waals surface area (Å²) >= 11 is 0. The van der Waals surface area contributed by atoms with E-state index in [1.165, 1.54) is 12.0 Å². The molecular formula is C26H30N4O. The van der Waals surface area contributed by atoms with Crippen LogP contribution in [-0.4, -0.2) is 33.9 Å². The molecule has 0 spiro atoms. The molecule has 160 valence electrons. The first kappa shape index (κ1) is 21.2. The number of aromatic nitrogens is 2. The fourth-order valence-corrected chi connectivity index (χ4v) is 4.28. The van der Waals surface area contributed by atoms with Gasteiger partial charge in [0.05, 0.1) is 17.3 Å². The second kappa shape index (κ2) is 10.3. The van der Waals surface area contributed by atoms with Crippen LogP contribution in [0.3, 0.4) is 0 Å². The quantitative estimate of drug-likeness (QED) is 0.619. The third-order valence-electron chi connectivity index (χ3n) is 5.94. The molecule has 5 nitrogen and oxygen atoms in total. The fourth-order valence-electron chi connectivity index (χ4n) is 4.28. The van der Waals surface area contributed by atoms with E-state index in [0.29, 0.717) is 17.9 Å². The highest BCUT2D eigenvalue weighted by molar-refractivity contribution is 5.95. The standard InChI is InChI=1S/C26H30N4O/c1-20-27-19-23(26(31)28-18-22-12-6-3-7-13-22)25(29-20)24-14-8-9-16-30(24)17-15-21-10-4-2-5-11-21/h2-7,10-13,19,24H,8-9,14-18H2,1H3,(H,28,31)/t24-/m1/s1. The van der Waals surface area contributed by atoms with Crippen molar-refractivity contribution in [2.45, 2.75) is 45.2 Å². The number of nitrogens with zero attached hydrogens (tertiary/aromatic N) is 3. The first-order valence-electron chi connectivity index (χ1n) is 11.1. The van der Waals surface area contributed by atoms with Crippen LogP contribution in [-0.2, 0) is 13.0 Å². The van der Waals surface area contributed by atoms with E-state index in [-0.39, 0.29) is 11.9 Å². The zero-order valence-electron chi connectivity index (χ0n) is 18.1. The van der Waals surface area contributed by atoms with Gasteiger partial charge in [-0.25, -0.2) is 9.97 Å². The van der Waals surface area contributed by atoms with Gasteiger partial charge in [0.25, 0.3) is 5.91 Å². The molecule has 0 radical (unpaired) electrons. The lowest BCUT2D eigenvalue weighted by Crippen LogP contribution is -2.37. The number of nitrogens with one attached hydrogen (secondary N) is 1. The van der Waals surface area contributed by atoms with Crippen LogP contribution >= 0.6 is 0 Å². The van der Waals surface area contributed by atoms with Gasteiger partial charge in [0.15, 0.2) is 0 Å². The average molecular weight is 415 g/mol. The number of aryl methyl sites for hydroxylation is 1. The number of likely N-dealkylation sites (tertiary alicyclic amines) is 1. The summed E-state index contributed by atoms with van der Waals surface area (Å²) in [5.41, 5.74) is 3.88. The molecule has 1 aliphatic rings. The molecule has 1 aliphatic heterocycles. The summed E-state index contributed by atoms with van der Waals surface area (Å²) in [4.78, 5) is 24.7. The summed E-state index contributed by atoms with van der Waals surface area (Å²) in [5, 5.41) is 3.05. The Bertz CT molecular complexity index is 991. The molecule has 4 rings (SSSR count). The van der Waals surface area contributed by atoms with E-state index < -0.39 is 0 Å². The molecule has 0 saturated carbocycles. The van der Waals surface area contributed by atoms with E-state index in [1.54, 1.807) is 6.20 Å². The lowest BCUT2D eigenvalue weighted by Gasteiger charge is -2.36. The summed E-state index contributed by atoms with van der Waals surface area (Å²) in [6.07, 6.45) is 6.05. The van der Waals surface area contributed by atoms with Crippen molar-refractivity contribution >= 4 is 5.91 Å². The van der Waals surface area contributed by atoms with Gasteiger partial charge < -0.3 is 5.32 Å². The lowest BCUT2D eigenvalue weighted by molar-refractivity contribution is 0.0940. The van der Waals surface area contributed by atoms with Crippen LogP contribution < -0.4 is 5.32 Å². The summed E-state index contributed by atoms with van der Waals surface area (Å²) < 4.78 is 0. The average Bonchev–Trinajstić information content (AvgIpc) is 2.82. The molecule has 2 aromatic carbocycles. The molecule has 0 bridgehead atoms. The van der Waals surface area contributed by atoms with E-state index in [1.807, 2.05) is 37.3 Å². The minimum Gasteiger partial charge on any atom is -0.348 e. The smallest absolute Gasteiger partial charge is 0.255 e. The highest BCUT2D eigenvalue weighted by Crippen LogP contribution is 2.31. The van der Waals surface area contributed by atoms with Crippen molar-refractivity contribution in [2.24, 2.45) is 0 Å². The summed E-state index contributed by atoms with van der Waals surface area (Å²) in [6.45, 7) is 4.39. The fraction of sp³-hybridized carbons (Fsp3) is 0.346. The predicted octanol–water partition coefficient (Wildman–Crippen LogP) is 4.48. The number of benzene rings is 2. The number of amides is 1. The van der Waals surface area contributed by atoms with Crippen molar-refractivity contribution in [3.8, 4) is 0 Å². The maximum absolute atomic E-state index is 13.1. The van der Waals surface area contributed by atoms with Gasteiger partial charge in [0.1, 0.15) is 5.82 Å². The van der Waals surface area contributed by atoms with Crippen molar-refractivity contribution in [2.75, 3.05) is 13.1 Å². The van der Waals surface area contributed by atoms with Crippen molar-refractivity contribution < 1.29 is 4.79 Å². The molecule has 0 unspecified atom stereocenters. The Morgan fingerprint density at radius 3 is 2.48 bits per heavy atom. The molecule has 1 amide bonds. The molecule has 3 aromatic rings. The SMILES string of the molecule is Cc1ncc(C(=O)NCc2ccccc2)c([C@H]2CCCCN2CCc2ccccc2)n1. The number of hydrogen-bond acceptors (Lipinski definition) is 4. The molecule has 1 fully saturated rings. The van der Waals surface area contributed by atoms with Gasteiger partial charge in [-0.2, -0.15) is 0 Å². The van der Waals surface area contributed by atoms with Gasteiger partial charge in [-0.05, 0) is 43.9 Å². The molecule has 31 heavy (non-hydrogen) atoms. The molecule has 1 atom stereocenters. The third kappa shape index (κ3) is 5.56. The van der Waals surface area contributed by atoms with E-state index in [4.69, 9.17) is 4.98 Å². The van der Waals surface area contributed by atoms with E-state index in [9.17, 15) is 4.79 Å². The van der Waals surface area contributed by atoms with Crippen LogP contribution in [0, 0.1) is 6.92 Å². The van der Waals surface area contributed by atoms with Crippen LogP contribution in [0.15, 0.2) is 66.9 Å². The van der Waals surface area contributed by atoms with Gasteiger partial charge in [-0.15, -0.1) is 0 Å². The molecular weight excluding hydrogens is 384 g/mol. The maximum atomic E-state index is 13.1. The van der Waals surface area contributed by atoms with Crippen LogP contribution in [0.25, 0.3) is 0 Å². The van der Waals surface area contributed by atoms with E-state index in [2.05, 4.69) is 45.5 Å². The maximum Gasteiger partial charge on any atom is 0.255 e. The Balaban J connectivity index is 1.52. The molecule has 1 saturated heterocycles. The third-order valence-corrected chi connectivity index (χ3v) is 5.94. The molecule has 2 heterocycles. The number of piperidine rings is 1. The lowest BCUT2D eigenvalue weighted by atomic mass is 9.95. The normalized spacial score (nSPS) is 16.7. The highest BCUT2D eigenvalue weighted by atomic mass is 16.1. The first-order chi connectivity index (χ1) is 15.2. The van der Waals surface area contributed by atoms with Crippen LogP contribution in [0.5, 0.6) is 0 Å². The van der Waals surface area contributed by atoms with Gasteiger partial charge >= 0.3 is 0 Å². The topological polar surface area (TPSA) is 58.1 Å². The molecule has 0 aliphatic carbocycles. The predicted molar refractivity (Wildman–Crippen MR) is 123 cm³/mol. The van der Waals surface area contributed by atoms with Crippen LogP contribution in [0.4, 0.5) is 0 Å². The van der Waals surface area contributed by atoms with Gasteiger partial charge in [-0.1, -0.05) is 67.1 Å². The van der Waals surface area contributed by atoms with E-state index in [0.717, 1.165) is 43.6 Å². The minimum absolute atomic E-state index is 0.104. The Labute approximate surface area is 184 Å². The molecule has 1 N–H and O–H groups in total. The van der Waals surface area contributed by atoms with Crippen molar-refractivity contribution in [3.63, 3.8) is 0 Å². The van der Waals surface area contributed by atoms with Crippen LogP contribution in [0.2, 0.25) is 0 Å². The van der Waals surface area contributed by atoms with Crippen molar-refractivity contribution in [1.29, 1.82) is 0 Å². The second-order valence-electron chi connectivity index (χ2n) is 8.17. The minimum atomic E-state index is -0.104. The van der Waals surface area contributed by atoms with Gasteiger partial charge in [-0.3, -0.25) is 9.69 Å². The number of carbonyl (C=O) groups excluding carboxylic acids is 1. The van der Waals surface area contributed by atoms with Crippen LogP contribution in [0.1, 0.15) is 58.3 Å². The van der Waals surface area contributed by atoms with Gasteiger partial charge in [0.2, 0.25) is 0 Å². The Kier molecular flexibility index (Phi) is 7.05. The van der Waals surface area contributed by atoms with Crippen molar-refractivity contribution in [1.82, 2.24) is 20.2 Å². The summed E-state index contributed by atoms with van der Waals surface area (Å²) in [7, 11) is 0. The summed E-state index contributed by atoms with van der Waals surface area (Å²) in [5.74, 6) is 0.607. The Morgan fingerprint density at radius 1 is 1.03 bits per heavy atom. The number of rotatable bonds is 7. The second-order valence-corrected chi connectivity index (χ2v) is 8.17. The molecule has 5 heteroatoms. The monoisotopic (exact) mass is 414 g/mol.